The van der Waals surface area contributed by atoms with Gasteiger partial charge < -0.3 is 5.11 Å². The van der Waals surface area contributed by atoms with E-state index in [1.807, 2.05) is 0 Å². The third kappa shape index (κ3) is 5.22. The molecule has 1 aliphatic rings. The van der Waals surface area contributed by atoms with Crippen LogP contribution in [0.5, 0.6) is 0 Å². The number of amides is 1. The van der Waals surface area contributed by atoms with Gasteiger partial charge in [-0.25, -0.2) is 4.98 Å². The Morgan fingerprint density at radius 2 is 1.93 bits per heavy atom. The van der Waals surface area contributed by atoms with E-state index >= 15 is 0 Å². The van der Waals surface area contributed by atoms with Crippen LogP contribution >= 0.6 is 57.6 Å². The van der Waals surface area contributed by atoms with Crippen LogP contribution in [0.25, 0.3) is 0 Å². The van der Waals surface area contributed by atoms with Gasteiger partial charge in [-0.05, 0) is 37.6 Å². The van der Waals surface area contributed by atoms with Crippen molar-refractivity contribution in [2.45, 2.75) is 30.0 Å². The van der Waals surface area contributed by atoms with Gasteiger partial charge in [-0.2, -0.15) is 0 Å². The molecular weight excluding hydrogens is 617 g/mol. The number of aromatic nitrogens is 3. The first-order valence-corrected chi connectivity index (χ1v) is 14.8. The standard InChI is InChI=1S/C25H17Cl2N5O5S3/c1-11-22(39-12(2)28-11)20(33)18-19(15-5-3-4-6-17(15)32(36)37)31(23(35)21(18)34)24-29-30-25(40-24)38-10-13-7-8-14(26)9-16(13)27/h3-9,19,34H,10H2,1-2H3. The number of hydrogen-bond donors (Lipinski definition) is 1. The number of para-hydroxylation sites is 1. The van der Waals surface area contributed by atoms with Crippen molar-refractivity contribution in [3.8, 4) is 0 Å². The first kappa shape index (κ1) is 28.2. The topological polar surface area (TPSA) is 139 Å². The van der Waals surface area contributed by atoms with Gasteiger partial charge in [0.05, 0.1) is 31.6 Å². The van der Waals surface area contributed by atoms with Crippen molar-refractivity contribution < 1.29 is 19.6 Å². The van der Waals surface area contributed by atoms with Crippen LogP contribution < -0.4 is 4.90 Å². The highest BCUT2D eigenvalue weighted by atomic mass is 35.5. The highest BCUT2D eigenvalue weighted by molar-refractivity contribution is 8.00. The summed E-state index contributed by atoms with van der Waals surface area (Å²) < 4.78 is 0.475. The monoisotopic (exact) mass is 633 g/mol. The minimum Gasteiger partial charge on any atom is -0.503 e. The fourth-order valence-electron chi connectivity index (χ4n) is 4.21. The Bertz CT molecular complexity index is 1720. The fourth-order valence-corrected chi connectivity index (χ4v) is 7.51. The largest absolute Gasteiger partial charge is 0.503 e. The second kappa shape index (κ2) is 11.3. The highest BCUT2D eigenvalue weighted by Gasteiger charge is 2.48. The average Bonchev–Trinajstić information content (AvgIpc) is 3.58. The number of aliphatic hydroxyl groups is 1. The maximum absolute atomic E-state index is 13.7. The lowest BCUT2D eigenvalue weighted by Crippen LogP contribution is -2.31. The maximum atomic E-state index is 13.7. The SMILES string of the molecule is Cc1nc(C)c(C(=O)C2=C(O)C(=O)N(c3nnc(SCc4ccc(Cl)cc4Cl)s3)C2c2ccccc2[N+](=O)[O-])s1. The van der Waals surface area contributed by atoms with Crippen LogP contribution in [-0.4, -0.2) is 36.9 Å². The van der Waals surface area contributed by atoms with Gasteiger partial charge in [0.15, 0.2) is 10.1 Å². The number of carbonyl (C=O) groups excluding carboxylic acids is 2. The third-order valence-corrected chi connectivity index (χ3v) is 9.72. The predicted molar refractivity (Wildman–Crippen MR) is 155 cm³/mol. The quantitative estimate of drug-likeness (QED) is 0.0721. The number of nitrogens with zero attached hydrogens (tertiary/aromatic N) is 5. The Morgan fingerprint density at radius 1 is 1.18 bits per heavy atom. The van der Waals surface area contributed by atoms with Crippen molar-refractivity contribution in [1.82, 2.24) is 15.2 Å². The lowest BCUT2D eigenvalue weighted by atomic mass is 9.94. The van der Waals surface area contributed by atoms with Crippen LogP contribution in [0.3, 0.4) is 0 Å². The van der Waals surface area contributed by atoms with E-state index in [-0.39, 0.29) is 26.8 Å². The molecule has 1 amide bonds. The van der Waals surface area contributed by atoms with Gasteiger partial charge in [-0.1, -0.05) is 64.5 Å². The summed E-state index contributed by atoms with van der Waals surface area (Å²) in [6.07, 6.45) is 0. The molecule has 1 aliphatic heterocycles. The molecule has 0 aliphatic carbocycles. The summed E-state index contributed by atoms with van der Waals surface area (Å²) in [5.74, 6) is -1.94. The summed E-state index contributed by atoms with van der Waals surface area (Å²) >= 11 is 15.7. The molecule has 0 saturated carbocycles. The van der Waals surface area contributed by atoms with Crippen LogP contribution in [0.2, 0.25) is 10.0 Å². The van der Waals surface area contributed by atoms with Crippen LogP contribution in [0, 0.1) is 24.0 Å². The summed E-state index contributed by atoms with van der Waals surface area (Å²) in [7, 11) is 0. The molecule has 204 valence electrons. The first-order valence-electron chi connectivity index (χ1n) is 11.5. The van der Waals surface area contributed by atoms with Crippen molar-refractivity contribution in [3.63, 3.8) is 0 Å². The number of rotatable bonds is 8. The molecule has 40 heavy (non-hydrogen) atoms. The zero-order valence-corrected chi connectivity index (χ0v) is 24.6. The molecule has 1 unspecified atom stereocenters. The number of benzene rings is 2. The molecule has 4 aromatic rings. The van der Waals surface area contributed by atoms with Gasteiger partial charge >= 0.3 is 0 Å². The van der Waals surface area contributed by atoms with Gasteiger partial charge in [-0.15, -0.1) is 21.5 Å². The van der Waals surface area contributed by atoms with E-state index in [0.29, 0.717) is 30.8 Å². The Morgan fingerprint density at radius 3 is 2.60 bits per heavy atom. The van der Waals surface area contributed by atoms with Crippen LogP contribution in [0.15, 0.2) is 58.1 Å². The number of carbonyl (C=O) groups is 2. The van der Waals surface area contributed by atoms with E-state index in [0.717, 1.165) is 33.1 Å². The van der Waals surface area contributed by atoms with E-state index in [1.165, 1.54) is 30.0 Å². The Kier molecular flexibility index (Phi) is 7.93. The van der Waals surface area contributed by atoms with E-state index in [9.17, 15) is 24.8 Å². The summed E-state index contributed by atoms with van der Waals surface area (Å²) in [6.45, 7) is 3.37. The number of aliphatic hydroxyl groups excluding tert-OH is 1. The molecule has 0 bridgehead atoms. The second-order valence-corrected chi connectivity index (χ2v) is 12.7. The smallest absolute Gasteiger partial charge is 0.296 e. The Balaban J connectivity index is 1.55. The number of nitro benzene ring substituents is 1. The van der Waals surface area contributed by atoms with E-state index < -0.39 is 28.4 Å². The number of thiazole rings is 1. The predicted octanol–water partition coefficient (Wildman–Crippen LogP) is 6.90. The van der Waals surface area contributed by atoms with Gasteiger partial charge in [0.25, 0.3) is 11.6 Å². The highest BCUT2D eigenvalue weighted by Crippen LogP contribution is 2.46. The number of hydrogen-bond acceptors (Lipinski definition) is 11. The zero-order chi connectivity index (χ0) is 28.7. The number of ketones is 1. The zero-order valence-electron chi connectivity index (χ0n) is 20.6. The van der Waals surface area contributed by atoms with Crippen molar-refractivity contribution in [1.29, 1.82) is 0 Å². The van der Waals surface area contributed by atoms with Crippen molar-refractivity contribution in [2.24, 2.45) is 0 Å². The second-order valence-electron chi connectivity index (χ2n) is 8.51. The number of thioether (sulfide) groups is 1. The van der Waals surface area contributed by atoms with Gasteiger partial charge in [0.1, 0.15) is 6.04 Å². The third-order valence-electron chi connectivity index (χ3n) is 5.96. The lowest BCUT2D eigenvalue weighted by Gasteiger charge is -2.23. The van der Waals surface area contributed by atoms with Crippen molar-refractivity contribution >= 4 is 80.1 Å². The van der Waals surface area contributed by atoms with E-state index in [4.69, 9.17) is 23.2 Å². The average molecular weight is 635 g/mol. The minimum atomic E-state index is -1.32. The van der Waals surface area contributed by atoms with Gasteiger partial charge in [0, 0.05) is 21.9 Å². The molecule has 5 rings (SSSR count). The fraction of sp³-hybridized carbons (Fsp3) is 0.160. The number of Topliss-reactive ketones (excluding diaryl/α,β-unsaturated/α-hetero) is 1. The number of halogens is 2. The number of aryl methyl sites for hydroxylation is 2. The Hall–Kier alpha value is -3.36. The molecule has 0 fully saturated rings. The minimum absolute atomic E-state index is 0.0458. The molecule has 2 aromatic carbocycles. The molecule has 2 aromatic heterocycles. The first-order chi connectivity index (χ1) is 19.1. The van der Waals surface area contributed by atoms with Crippen molar-refractivity contribution in [2.75, 3.05) is 4.90 Å². The summed E-state index contributed by atoms with van der Waals surface area (Å²) in [4.78, 5) is 44.1. The van der Waals surface area contributed by atoms with E-state index in [2.05, 4.69) is 15.2 Å². The molecule has 0 radical (unpaired) electrons. The normalized spacial score (nSPS) is 15.2. The lowest BCUT2D eigenvalue weighted by molar-refractivity contribution is -0.385. The number of nitro groups is 1. The molecule has 0 spiro atoms. The Labute approximate surface area is 249 Å². The molecule has 15 heteroatoms. The van der Waals surface area contributed by atoms with Crippen molar-refractivity contribution in [3.05, 3.63) is 101 Å². The molecular formula is C25H17Cl2N5O5S3. The number of anilines is 1. The van der Waals surface area contributed by atoms with Crippen LogP contribution in [-0.2, 0) is 10.5 Å². The summed E-state index contributed by atoms with van der Waals surface area (Å²) in [5, 5.41) is 32.9. The summed E-state index contributed by atoms with van der Waals surface area (Å²) in [5.41, 5.74) is 0.674. The van der Waals surface area contributed by atoms with Gasteiger partial charge in [0.2, 0.25) is 10.9 Å². The molecule has 10 nitrogen and oxygen atoms in total. The molecule has 3 heterocycles. The van der Waals surface area contributed by atoms with Crippen LogP contribution in [0.4, 0.5) is 10.8 Å². The summed E-state index contributed by atoms with van der Waals surface area (Å²) in [6, 6.07) is 9.57. The van der Waals surface area contributed by atoms with E-state index in [1.54, 1.807) is 38.1 Å². The van der Waals surface area contributed by atoms with Gasteiger partial charge in [-0.3, -0.25) is 24.6 Å². The molecule has 0 saturated heterocycles. The maximum Gasteiger partial charge on any atom is 0.296 e. The molecule has 1 N–H and O–H groups in total. The molecule has 1 atom stereocenters. The van der Waals surface area contributed by atoms with Crippen LogP contribution in [0.1, 0.15) is 37.5 Å².